The molecule has 0 unspecified atom stereocenters. The molecule has 0 saturated carbocycles. The van der Waals surface area contributed by atoms with Gasteiger partial charge in [-0.2, -0.15) is 0 Å². The van der Waals surface area contributed by atoms with E-state index in [1.807, 2.05) is 30.3 Å². The normalized spacial score (nSPS) is 10.1. The number of benzene rings is 2. The standard InChI is InChI=1S/C18H18N2O5/c21-12-15-11-16(20(23)24)8-9-17(15)25-13-18(22)19-10-4-7-14-5-2-1-3-6-14/h1-3,5-6,8-9,11-12H,4,7,10,13H2,(H,19,22). The largest absolute Gasteiger partial charge is 0.483 e. The number of ether oxygens (including phenoxy) is 1. The lowest BCUT2D eigenvalue weighted by Crippen LogP contribution is -2.30. The molecule has 2 rings (SSSR count). The molecule has 0 atom stereocenters. The molecule has 0 aliphatic rings. The van der Waals surface area contributed by atoms with Gasteiger partial charge >= 0.3 is 0 Å². The SMILES string of the molecule is O=Cc1cc([N+](=O)[O-])ccc1OCC(=O)NCCCc1ccccc1. The Morgan fingerprint density at radius 2 is 1.96 bits per heavy atom. The van der Waals surface area contributed by atoms with E-state index in [-0.39, 0.29) is 29.5 Å². The second kappa shape index (κ2) is 9.17. The van der Waals surface area contributed by atoms with Crippen molar-refractivity contribution in [1.29, 1.82) is 0 Å². The van der Waals surface area contributed by atoms with Crippen molar-refractivity contribution >= 4 is 17.9 Å². The Labute approximate surface area is 144 Å². The van der Waals surface area contributed by atoms with Gasteiger partial charge in [0.05, 0.1) is 10.5 Å². The second-order valence-corrected chi connectivity index (χ2v) is 5.32. The quantitative estimate of drug-likeness (QED) is 0.327. The van der Waals surface area contributed by atoms with Gasteiger partial charge < -0.3 is 10.1 Å². The summed E-state index contributed by atoms with van der Waals surface area (Å²) in [6, 6.07) is 13.6. The van der Waals surface area contributed by atoms with Crippen molar-refractivity contribution in [3.63, 3.8) is 0 Å². The third-order valence-corrected chi connectivity index (χ3v) is 3.50. The average molecular weight is 342 g/mol. The summed E-state index contributed by atoms with van der Waals surface area (Å²) in [5.74, 6) is -0.178. The van der Waals surface area contributed by atoms with Crippen molar-refractivity contribution in [3.05, 3.63) is 69.8 Å². The number of carbonyl (C=O) groups excluding carboxylic acids is 2. The number of aldehydes is 1. The number of non-ortho nitro benzene ring substituents is 1. The van der Waals surface area contributed by atoms with Gasteiger partial charge in [0.1, 0.15) is 5.75 Å². The molecule has 0 spiro atoms. The lowest BCUT2D eigenvalue weighted by Gasteiger charge is -2.09. The fraction of sp³-hybridized carbons (Fsp3) is 0.222. The van der Waals surface area contributed by atoms with Gasteiger partial charge in [-0.15, -0.1) is 0 Å². The predicted octanol–water partition coefficient (Wildman–Crippen LogP) is 2.54. The number of nitro groups is 1. The second-order valence-electron chi connectivity index (χ2n) is 5.32. The van der Waals surface area contributed by atoms with Crippen LogP contribution < -0.4 is 10.1 Å². The van der Waals surface area contributed by atoms with Crippen molar-refractivity contribution in [1.82, 2.24) is 5.32 Å². The first-order valence-corrected chi connectivity index (χ1v) is 7.77. The van der Waals surface area contributed by atoms with E-state index in [0.717, 1.165) is 18.9 Å². The number of carbonyl (C=O) groups is 2. The van der Waals surface area contributed by atoms with Gasteiger partial charge in [0.15, 0.2) is 12.9 Å². The maximum absolute atomic E-state index is 11.8. The first kappa shape index (κ1) is 18.1. The highest BCUT2D eigenvalue weighted by Gasteiger charge is 2.12. The summed E-state index contributed by atoms with van der Waals surface area (Å²) < 4.78 is 5.27. The first-order chi connectivity index (χ1) is 12.1. The fourth-order valence-electron chi connectivity index (χ4n) is 2.23. The minimum Gasteiger partial charge on any atom is -0.483 e. The van der Waals surface area contributed by atoms with Gasteiger partial charge in [-0.05, 0) is 24.5 Å². The highest BCUT2D eigenvalue weighted by Crippen LogP contribution is 2.22. The number of nitro benzene ring substituents is 1. The summed E-state index contributed by atoms with van der Waals surface area (Å²) in [5.41, 5.74) is 1.03. The highest BCUT2D eigenvalue weighted by atomic mass is 16.6. The van der Waals surface area contributed by atoms with Gasteiger partial charge in [0.2, 0.25) is 0 Å². The molecule has 1 amide bonds. The molecule has 0 aliphatic carbocycles. The van der Waals surface area contributed by atoms with E-state index in [1.165, 1.54) is 17.7 Å². The number of hydrogen-bond donors (Lipinski definition) is 1. The van der Waals surface area contributed by atoms with Crippen LogP contribution in [0.15, 0.2) is 48.5 Å². The van der Waals surface area contributed by atoms with Gasteiger partial charge in [-0.1, -0.05) is 30.3 Å². The van der Waals surface area contributed by atoms with Crippen LogP contribution >= 0.6 is 0 Å². The van der Waals surface area contributed by atoms with Crippen LogP contribution in [0.25, 0.3) is 0 Å². The van der Waals surface area contributed by atoms with E-state index in [9.17, 15) is 19.7 Å². The molecule has 0 saturated heterocycles. The Balaban J connectivity index is 1.76. The topological polar surface area (TPSA) is 98.5 Å². The smallest absolute Gasteiger partial charge is 0.270 e. The molecule has 0 aromatic heterocycles. The number of amides is 1. The molecule has 0 aliphatic heterocycles. The lowest BCUT2D eigenvalue weighted by atomic mass is 10.1. The Morgan fingerprint density at radius 3 is 2.64 bits per heavy atom. The van der Waals surface area contributed by atoms with Crippen LogP contribution in [0.4, 0.5) is 5.69 Å². The van der Waals surface area contributed by atoms with Gasteiger partial charge in [0, 0.05) is 18.7 Å². The van der Waals surface area contributed by atoms with Crippen molar-refractivity contribution in [2.24, 2.45) is 0 Å². The van der Waals surface area contributed by atoms with Crippen LogP contribution in [0, 0.1) is 10.1 Å². The molecule has 7 heteroatoms. The average Bonchev–Trinajstić information content (AvgIpc) is 2.64. The maximum atomic E-state index is 11.8. The minimum atomic E-state index is -0.601. The van der Waals surface area contributed by atoms with Crippen molar-refractivity contribution < 1.29 is 19.2 Å². The monoisotopic (exact) mass is 342 g/mol. The van der Waals surface area contributed by atoms with E-state index in [1.54, 1.807) is 0 Å². The Bertz CT molecular complexity index is 746. The lowest BCUT2D eigenvalue weighted by molar-refractivity contribution is -0.384. The van der Waals surface area contributed by atoms with E-state index >= 15 is 0 Å². The number of rotatable bonds is 9. The van der Waals surface area contributed by atoms with Crippen LogP contribution in [0.2, 0.25) is 0 Å². The Kier molecular flexibility index (Phi) is 6.65. The summed E-state index contributed by atoms with van der Waals surface area (Å²) in [6.45, 7) is 0.252. The summed E-state index contributed by atoms with van der Waals surface area (Å²) >= 11 is 0. The van der Waals surface area contributed by atoms with E-state index in [2.05, 4.69) is 5.32 Å². The molecule has 25 heavy (non-hydrogen) atoms. The van der Waals surface area contributed by atoms with Crippen molar-refractivity contribution in [2.45, 2.75) is 12.8 Å². The maximum Gasteiger partial charge on any atom is 0.270 e. The molecule has 130 valence electrons. The Morgan fingerprint density at radius 1 is 1.20 bits per heavy atom. The Hall–Kier alpha value is -3.22. The van der Waals surface area contributed by atoms with Crippen LogP contribution in [0.5, 0.6) is 5.75 Å². The number of hydrogen-bond acceptors (Lipinski definition) is 5. The predicted molar refractivity (Wildman–Crippen MR) is 91.8 cm³/mol. The third-order valence-electron chi connectivity index (χ3n) is 3.50. The third kappa shape index (κ3) is 5.72. The number of nitrogens with one attached hydrogen (secondary N) is 1. The molecule has 2 aromatic rings. The van der Waals surface area contributed by atoms with Crippen LogP contribution in [0.1, 0.15) is 22.3 Å². The van der Waals surface area contributed by atoms with Crippen molar-refractivity contribution in [2.75, 3.05) is 13.2 Å². The first-order valence-electron chi connectivity index (χ1n) is 7.77. The molecule has 2 aromatic carbocycles. The molecule has 7 nitrogen and oxygen atoms in total. The molecule has 0 bridgehead atoms. The molecule has 0 heterocycles. The van der Waals surface area contributed by atoms with Crippen LogP contribution in [0.3, 0.4) is 0 Å². The van der Waals surface area contributed by atoms with Gasteiger partial charge in [-0.3, -0.25) is 19.7 Å². The zero-order valence-corrected chi connectivity index (χ0v) is 13.5. The molecular formula is C18H18N2O5. The fourth-order valence-corrected chi connectivity index (χ4v) is 2.23. The van der Waals surface area contributed by atoms with Gasteiger partial charge in [0.25, 0.3) is 11.6 Å². The summed E-state index contributed by atoms with van der Waals surface area (Å²) in [7, 11) is 0. The zero-order valence-electron chi connectivity index (χ0n) is 13.5. The van der Waals surface area contributed by atoms with E-state index in [0.29, 0.717) is 12.8 Å². The minimum absolute atomic E-state index is 0.0334. The molecule has 1 N–H and O–H groups in total. The van der Waals surface area contributed by atoms with Crippen molar-refractivity contribution in [3.8, 4) is 5.75 Å². The van der Waals surface area contributed by atoms with E-state index < -0.39 is 4.92 Å². The molecule has 0 fully saturated rings. The summed E-state index contributed by atoms with van der Waals surface area (Å²) in [6.07, 6.45) is 2.12. The van der Waals surface area contributed by atoms with E-state index in [4.69, 9.17) is 4.74 Å². The summed E-state index contributed by atoms with van der Waals surface area (Å²) in [5, 5.41) is 13.4. The molecule has 0 radical (unpaired) electrons. The molecular weight excluding hydrogens is 324 g/mol. The van der Waals surface area contributed by atoms with Crippen LogP contribution in [-0.4, -0.2) is 30.3 Å². The number of aryl methyl sites for hydroxylation is 1. The highest BCUT2D eigenvalue weighted by molar-refractivity contribution is 5.81. The van der Waals surface area contributed by atoms with Gasteiger partial charge in [-0.25, -0.2) is 0 Å². The summed E-state index contributed by atoms with van der Waals surface area (Å²) in [4.78, 5) is 32.8. The zero-order chi connectivity index (χ0) is 18.1. The number of nitrogens with zero attached hydrogens (tertiary/aromatic N) is 1. The van der Waals surface area contributed by atoms with Crippen LogP contribution in [-0.2, 0) is 11.2 Å².